The van der Waals surface area contributed by atoms with Crippen LogP contribution in [0.2, 0.25) is 0 Å². The van der Waals surface area contributed by atoms with Crippen molar-refractivity contribution in [3.05, 3.63) is 60.1 Å². The molecule has 27 heavy (non-hydrogen) atoms. The summed E-state index contributed by atoms with van der Waals surface area (Å²) in [6.07, 6.45) is 1.49. The van der Waals surface area contributed by atoms with Gasteiger partial charge >= 0.3 is 0 Å². The SMILES string of the molecule is O=C(C1CSCN1C(=O)c1ccco1)N1CCN(Cc2ccccc2)CC1. The molecule has 142 valence electrons. The summed E-state index contributed by atoms with van der Waals surface area (Å²) in [6, 6.07) is 13.3. The summed E-state index contributed by atoms with van der Waals surface area (Å²) < 4.78 is 5.22. The molecule has 2 amide bonds. The van der Waals surface area contributed by atoms with Crippen LogP contribution < -0.4 is 0 Å². The number of piperazine rings is 1. The Labute approximate surface area is 163 Å². The minimum atomic E-state index is -0.395. The van der Waals surface area contributed by atoms with Gasteiger partial charge in [0.15, 0.2) is 5.76 Å². The van der Waals surface area contributed by atoms with Crippen molar-refractivity contribution in [1.82, 2.24) is 14.7 Å². The van der Waals surface area contributed by atoms with Crippen molar-refractivity contribution in [3.63, 3.8) is 0 Å². The molecular formula is C20H23N3O3S. The third-order valence-electron chi connectivity index (χ3n) is 5.09. The fourth-order valence-electron chi connectivity index (χ4n) is 3.57. The van der Waals surface area contributed by atoms with Crippen LogP contribution in [0.4, 0.5) is 0 Å². The zero-order valence-electron chi connectivity index (χ0n) is 15.1. The van der Waals surface area contributed by atoms with Gasteiger partial charge < -0.3 is 14.2 Å². The van der Waals surface area contributed by atoms with E-state index in [0.717, 1.165) is 19.6 Å². The number of amides is 2. The summed E-state index contributed by atoms with van der Waals surface area (Å²) in [7, 11) is 0. The van der Waals surface area contributed by atoms with Crippen molar-refractivity contribution in [3.8, 4) is 0 Å². The number of carbonyl (C=O) groups excluding carboxylic acids is 2. The molecule has 2 aromatic rings. The van der Waals surface area contributed by atoms with Gasteiger partial charge in [0.05, 0.1) is 12.1 Å². The van der Waals surface area contributed by atoms with Crippen LogP contribution in [0.5, 0.6) is 0 Å². The van der Waals surface area contributed by atoms with Gasteiger partial charge in [0.25, 0.3) is 5.91 Å². The zero-order chi connectivity index (χ0) is 18.6. The highest BCUT2D eigenvalue weighted by atomic mass is 32.2. The molecule has 0 saturated carbocycles. The molecule has 1 unspecified atom stereocenters. The van der Waals surface area contributed by atoms with Crippen LogP contribution in [0.25, 0.3) is 0 Å². The topological polar surface area (TPSA) is 57.0 Å². The Morgan fingerprint density at radius 2 is 1.81 bits per heavy atom. The maximum absolute atomic E-state index is 13.0. The van der Waals surface area contributed by atoms with Gasteiger partial charge in [-0.2, -0.15) is 0 Å². The predicted octanol–water partition coefficient (Wildman–Crippen LogP) is 2.14. The fourth-order valence-corrected chi connectivity index (χ4v) is 4.71. The first-order valence-corrected chi connectivity index (χ1v) is 10.3. The number of thioether (sulfide) groups is 1. The Kier molecular flexibility index (Phi) is 5.50. The molecule has 4 rings (SSSR count). The van der Waals surface area contributed by atoms with Gasteiger partial charge in [-0.3, -0.25) is 14.5 Å². The molecule has 1 aromatic heterocycles. The van der Waals surface area contributed by atoms with Crippen LogP contribution in [0.3, 0.4) is 0 Å². The second-order valence-electron chi connectivity index (χ2n) is 6.85. The van der Waals surface area contributed by atoms with Crippen LogP contribution in [-0.2, 0) is 11.3 Å². The van der Waals surface area contributed by atoms with Gasteiger partial charge in [0, 0.05) is 38.5 Å². The smallest absolute Gasteiger partial charge is 0.290 e. The van der Waals surface area contributed by atoms with E-state index in [1.54, 1.807) is 28.8 Å². The molecule has 2 aliphatic rings. The molecule has 7 heteroatoms. The molecule has 0 spiro atoms. The van der Waals surface area contributed by atoms with Gasteiger partial charge in [-0.05, 0) is 17.7 Å². The second-order valence-corrected chi connectivity index (χ2v) is 7.85. The number of furan rings is 1. The lowest BCUT2D eigenvalue weighted by atomic mass is 10.1. The third kappa shape index (κ3) is 4.04. The summed E-state index contributed by atoms with van der Waals surface area (Å²) in [5.74, 6) is 1.33. The standard InChI is InChI=1S/C20H23N3O3S/c24-19(17-14-27-15-23(17)20(25)18-7-4-12-26-18)22-10-8-21(9-11-22)13-16-5-2-1-3-6-16/h1-7,12,17H,8-11,13-15H2. The largest absolute Gasteiger partial charge is 0.459 e. The lowest BCUT2D eigenvalue weighted by molar-refractivity contribution is -0.136. The molecule has 3 heterocycles. The zero-order valence-corrected chi connectivity index (χ0v) is 15.9. The fraction of sp³-hybridized carbons (Fsp3) is 0.400. The first-order chi connectivity index (χ1) is 13.2. The van der Waals surface area contributed by atoms with Crippen LogP contribution in [-0.4, -0.2) is 70.4 Å². The highest BCUT2D eigenvalue weighted by Crippen LogP contribution is 2.25. The molecule has 0 aliphatic carbocycles. The van der Waals surface area contributed by atoms with E-state index in [1.165, 1.54) is 11.8 Å². The first-order valence-electron chi connectivity index (χ1n) is 9.19. The number of benzene rings is 1. The van der Waals surface area contributed by atoms with E-state index in [0.29, 0.717) is 30.5 Å². The Morgan fingerprint density at radius 3 is 2.52 bits per heavy atom. The van der Waals surface area contributed by atoms with E-state index in [9.17, 15) is 9.59 Å². The van der Waals surface area contributed by atoms with E-state index < -0.39 is 6.04 Å². The van der Waals surface area contributed by atoms with E-state index in [-0.39, 0.29) is 11.8 Å². The normalized spacial score (nSPS) is 20.8. The summed E-state index contributed by atoms with van der Waals surface area (Å²) in [6.45, 7) is 4.02. The van der Waals surface area contributed by atoms with Crippen molar-refractivity contribution >= 4 is 23.6 Å². The minimum Gasteiger partial charge on any atom is -0.459 e. The monoisotopic (exact) mass is 385 g/mol. The average Bonchev–Trinajstić information content (AvgIpc) is 3.40. The molecule has 0 radical (unpaired) electrons. The molecule has 2 saturated heterocycles. The molecule has 2 aliphatic heterocycles. The summed E-state index contributed by atoms with van der Waals surface area (Å²) in [4.78, 5) is 31.5. The maximum Gasteiger partial charge on any atom is 0.290 e. The Bertz CT molecular complexity index is 773. The Balaban J connectivity index is 1.34. The van der Waals surface area contributed by atoms with Crippen LogP contribution in [0, 0.1) is 0 Å². The molecule has 0 bridgehead atoms. The van der Waals surface area contributed by atoms with Crippen LogP contribution in [0.15, 0.2) is 53.1 Å². The molecule has 1 atom stereocenters. The lowest BCUT2D eigenvalue weighted by Gasteiger charge is -2.37. The summed E-state index contributed by atoms with van der Waals surface area (Å²) in [5.41, 5.74) is 1.29. The van der Waals surface area contributed by atoms with Crippen molar-refractivity contribution in [1.29, 1.82) is 0 Å². The van der Waals surface area contributed by atoms with Crippen molar-refractivity contribution in [2.45, 2.75) is 12.6 Å². The lowest BCUT2D eigenvalue weighted by Crippen LogP contribution is -2.54. The van der Waals surface area contributed by atoms with Crippen molar-refractivity contribution < 1.29 is 14.0 Å². The highest BCUT2D eigenvalue weighted by Gasteiger charge is 2.38. The average molecular weight is 385 g/mol. The second kappa shape index (κ2) is 8.19. The van der Waals surface area contributed by atoms with Gasteiger partial charge in [-0.1, -0.05) is 30.3 Å². The summed E-state index contributed by atoms with van der Waals surface area (Å²) in [5, 5.41) is 0. The molecular weight excluding hydrogens is 362 g/mol. The minimum absolute atomic E-state index is 0.0549. The Morgan fingerprint density at radius 1 is 1.04 bits per heavy atom. The van der Waals surface area contributed by atoms with E-state index in [2.05, 4.69) is 29.2 Å². The third-order valence-corrected chi connectivity index (χ3v) is 6.11. The quantitative estimate of drug-likeness (QED) is 0.807. The van der Waals surface area contributed by atoms with Gasteiger partial charge in [0.2, 0.25) is 5.91 Å². The van der Waals surface area contributed by atoms with E-state index in [4.69, 9.17) is 4.42 Å². The number of nitrogens with zero attached hydrogens (tertiary/aromatic N) is 3. The number of rotatable bonds is 4. The molecule has 0 N–H and O–H groups in total. The van der Waals surface area contributed by atoms with Gasteiger partial charge in [0.1, 0.15) is 6.04 Å². The first kappa shape index (κ1) is 18.1. The number of hydrogen-bond donors (Lipinski definition) is 0. The number of hydrogen-bond acceptors (Lipinski definition) is 5. The highest BCUT2D eigenvalue weighted by molar-refractivity contribution is 7.99. The molecule has 2 fully saturated rings. The van der Waals surface area contributed by atoms with E-state index >= 15 is 0 Å². The van der Waals surface area contributed by atoms with Crippen LogP contribution >= 0.6 is 11.8 Å². The predicted molar refractivity (Wildman–Crippen MR) is 104 cm³/mol. The van der Waals surface area contributed by atoms with Gasteiger partial charge in [-0.15, -0.1) is 11.8 Å². The van der Waals surface area contributed by atoms with Gasteiger partial charge in [-0.25, -0.2) is 0 Å². The van der Waals surface area contributed by atoms with Crippen molar-refractivity contribution in [2.24, 2.45) is 0 Å². The van der Waals surface area contributed by atoms with Crippen molar-refractivity contribution in [2.75, 3.05) is 37.8 Å². The number of carbonyl (C=O) groups is 2. The molecule has 6 nitrogen and oxygen atoms in total. The maximum atomic E-state index is 13.0. The Hall–Kier alpha value is -2.25. The summed E-state index contributed by atoms with van der Waals surface area (Å²) >= 11 is 1.62. The van der Waals surface area contributed by atoms with E-state index in [1.807, 2.05) is 11.0 Å². The molecule has 1 aromatic carbocycles. The van der Waals surface area contributed by atoms with Crippen LogP contribution in [0.1, 0.15) is 16.1 Å².